The van der Waals surface area contributed by atoms with Crippen LogP contribution in [-0.4, -0.2) is 61.3 Å². The number of carbonyl (C=O) groups excluding carboxylic acids is 1. The molecule has 3 saturated carbocycles. The molecule has 0 aromatic rings. The van der Waals surface area contributed by atoms with Crippen molar-refractivity contribution in [3.8, 4) is 0 Å². The van der Waals surface area contributed by atoms with Crippen LogP contribution in [0.1, 0.15) is 106 Å². The molecule has 5 aliphatic carbocycles. The molecular formula is C32H50O6. The number of hydrogen-bond acceptors (Lipinski definition) is 6. The van der Waals surface area contributed by atoms with Crippen LogP contribution in [0, 0.1) is 40.4 Å². The highest BCUT2D eigenvalue weighted by atomic mass is 16.6. The van der Waals surface area contributed by atoms with Gasteiger partial charge in [0.2, 0.25) is 0 Å². The van der Waals surface area contributed by atoms with E-state index in [9.17, 15) is 25.2 Å². The predicted molar refractivity (Wildman–Crippen MR) is 144 cm³/mol. The zero-order valence-electron chi connectivity index (χ0n) is 24.3. The van der Waals surface area contributed by atoms with Crippen LogP contribution in [0.25, 0.3) is 0 Å². The highest BCUT2D eigenvalue weighted by Gasteiger charge is 2.76. The third-order valence-corrected chi connectivity index (χ3v) is 13.2. The highest BCUT2D eigenvalue weighted by molar-refractivity contribution is 6.00. The molecule has 4 fully saturated rings. The molecule has 0 aromatic heterocycles. The summed E-state index contributed by atoms with van der Waals surface area (Å²) in [7, 11) is 0. The highest BCUT2D eigenvalue weighted by Crippen LogP contribution is 2.74. The zero-order valence-corrected chi connectivity index (χ0v) is 24.3. The summed E-state index contributed by atoms with van der Waals surface area (Å²) in [5, 5.41) is 47.2. The molecule has 0 spiro atoms. The molecule has 4 N–H and O–H groups in total. The van der Waals surface area contributed by atoms with Crippen LogP contribution < -0.4 is 0 Å². The third-order valence-electron chi connectivity index (χ3n) is 13.2. The molecule has 1 saturated heterocycles. The van der Waals surface area contributed by atoms with Crippen molar-refractivity contribution in [1.29, 1.82) is 0 Å². The van der Waals surface area contributed by atoms with Crippen molar-refractivity contribution < 1.29 is 30.0 Å². The lowest BCUT2D eigenvalue weighted by atomic mass is 9.42. The van der Waals surface area contributed by atoms with E-state index in [1.165, 1.54) is 0 Å². The summed E-state index contributed by atoms with van der Waals surface area (Å²) < 4.78 is 6.16. The second-order valence-electron chi connectivity index (χ2n) is 15.1. The predicted octanol–water partition coefficient (Wildman–Crippen LogP) is 4.32. The van der Waals surface area contributed by atoms with Gasteiger partial charge in [-0.1, -0.05) is 41.0 Å². The Morgan fingerprint density at radius 1 is 1.05 bits per heavy atom. The first-order valence-electron chi connectivity index (χ1n) is 15.5. The van der Waals surface area contributed by atoms with Gasteiger partial charge in [0.25, 0.3) is 0 Å². The standard InChI is InChI=1S/C32H50O6/c1-7-12-31(36,27-26(38-27)30(6,35)17(2)3)23-15-18-8-9-20-24-21(11-14-29(23,5)32(18,24)37)28(4)13-10-19(33)16-22(28)25(20)34/h17-19,21-23,26-27,33,35-37H,7-16H2,1-6H3/t18-,19-,21-,22-,23-,26-,27-,28+,29+,30+,31+,32+/m0/s1. The summed E-state index contributed by atoms with van der Waals surface area (Å²) in [5.74, 6) is -0.0180. The summed E-state index contributed by atoms with van der Waals surface area (Å²) in [4.78, 5) is 14.0. The van der Waals surface area contributed by atoms with E-state index in [1.54, 1.807) is 0 Å². The van der Waals surface area contributed by atoms with Crippen molar-refractivity contribution in [2.45, 2.75) is 141 Å². The maximum atomic E-state index is 14.0. The van der Waals surface area contributed by atoms with Gasteiger partial charge in [-0.05, 0) is 105 Å². The molecule has 0 aromatic carbocycles. The second-order valence-corrected chi connectivity index (χ2v) is 15.1. The molecule has 38 heavy (non-hydrogen) atoms. The molecule has 0 unspecified atom stereocenters. The van der Waals surface area contributed by atoms with Gasteiger partial charge in [0, 0.05) is 11.3 Å². The Morgan fingerprint density at radius 2 is 1.76 bits per heavy atom. The minimum Gasteiger partial charge on any atom is -0.393 e. The van der Waals surface area contributed by atoms with Gasteiger partial charge < -0.3 is 25.2 Å². The summed E-state index contributed by atoms with van der Waals surface area (Å²) in [6.07, 6.45) is 6.01. The van der Waals surface area contributed by atoms with Crippen molar-refractivity contribution in [2.75, 3.05) is 0 Å². The number of ketones is 1. The van der Waals surface area contributed by atoms with Crippen LogP contribution in [0.15, 0.2) is 11.1 Å². The largest absolute Gasteiger partial charge is 0.393 e. The summed E-state index contributed by atoms with van der Waals surface area (Å²) >= 11 is 0. The topological polar surface area (TPSA) is 111 Å². The van der Waals surface area contributed by atoms with Crippen molar-refractivity contribution in [2.24, 2.45) is 40.4 Å². The van der Waals surface area contributed by atoms with E-state index in [2.05, 4.69) is 20.8 Å². The van der Waals surface area contributed by atoms with E-state index < -0.39 is 40.5 Å². The van der Waals surface area contributed by atoms with Crippen LogP contribution in [0.4, 0.5) is 0 Å². The van der Waals surface area contributed by atoms with Crippen LogP contribution >= 0.6 is 0 Å². The number of aliphatic hydroxyl groups is 4. The quantitative estimate of drug-likeness (QED) is 0.381. The normalized spacial score (nSPS) is 50.8. The number of carbonyl (C=O) groups is 1. The van der Waals surface area contributed by atoms with Gasteiger partial charge in [-0.2, -0.15) is 0 Å². The number of ether oxygens (including phenoxy) is 1. The minimum absolute atomic E-state index is 0.00610. The second kappa shape index (κ2) is 8.38. The van der Waals surface area contributed by atoms with E-state index in [0.29, 0.717) is 25.7 Å². The fourth-order valence-electron chi connectivity index (χ4n) is 10.6. The van der Waals surface area contributed by atoms with Crippen LogP contribution in [0.5, 0.6) is 0 Å². The SMILES string of the molecule is CCC[C@@](O)([C@H]1C[C@@H]2CCC3=C4[C@H](CC[C@@]1(C)[C@]42O)[C@@]1(C)CC[C@H](O)C[C@H]1C3=O)[C@H]1O[C@@H]1[C@](C)(O)C(C)C. The van der Waals surface area contributed by atoms with Crippen molar-refractivity contribution in [1.82, 2.24) is 0 Å². The summed E-state index contributed by atoms with van der Waals surface area (Å²) in [6.45, 7) is 12.3. The Bertz CT molecular complexity index is 1050. The van der Waals surface area contributed by atoms with Gasteiger partial charge in [0.05, 0.1) is 22.9 Å². The number of Topliss-reactive ketones (excluding diaryl/α,β-unsaturated/α-hetero) is 1. The Kier molecular flexibility index (Phi) is 6.04. The number of epoxide rings is 1. The lowest BCUT2D eigenvalue weighted by Crippen LogP contribution is -2.64. The van der Waals surface area contributed by atoms with Crippen LogP contribution in [0.3, 0.4) is 0 Å². The first-order chi connectivity index (χ1) is 17.7. The fourth-order valence-corrected chi connectivity index (χ4v) is 10.6. The van der Waals surface area contributed by atoms with Gasteiger partial charge in [0.15, 0.2) is 5.78 Å². The first-order valence-corrected chi connectivity index (χ1v) is 15.5. The van der Waals surface area contributed by atoms with Gasteiger partial charge in [0.1, 0.15) is 12.2 Å². The first kappa shape index (κ1) is 27.4. The van der Waals surface area contributed by atoms with Gasteiger partial charge in [-0.15, -0.1) is 0 Å². The lowest BCUT2D eigenvalue weighted by molar-refractivity contribution is -0.167. The lowest BCUT2D eigenvalue weighted by Gasteiger charge is -2.63. The maximum absolute atomic E-state index is 14.0. The molecule has 0 radical (unpaired) electrons. The molecular weight excluding hydrogens is 480 g/mol. The molecule has 1 aliphatic heterocycles. The Morgan fingerprint density at radius 3 is 2.42 bits per heavy atom. The van der Waals surface area contributed by atoms with E-state index >= 15 is 0 Å². The number of allylic oxidation sites excluding steroid dienone is 1. The number of hydrogen-bond donors (Lipinski definition) is 4. The Labute approximate surface area is 228 Å². The molecule has 6 nitrogen and oxygen atoms in total. The molecule has 214 valence electrons. The monoisotopic (exact) mass is 530 g/mol. The van der Waals surface area contributed by atoms with E-state index in [0.717, 1.165) is 49.7 Å². The number of aliphatic hydroxyl groups excluding tert-OH is 1. The molecule has 6 rings (SSSR count). The summed E-state index contributed by atoms with van der Waals surface area (Å²) in [5.41, 5.74) is -2.24. The summed E-state index contributed by atoms with van der Waals surface area (Å²) in [6, 6.07) is 0. The molecule has 0 bridgehead atoms. The smallest absolute Gasteiger partial charge is 0.162 e. The Balaban J connectivity index is 1.43. The van der Waals surface area contributed by atoms with Gasteiger partial charge in [-0.25, -0.2) is 0 Å². The maximum Gasteiger partial charge on any atom is 0.162 e. The average molecular weight is 531 g/mol. The van der Waals surface area contributed by atoms with E-state index in [1.807, 2.05) is 20.8 Å². The molecule has 12 atom stereocenters. The Hall–Kier alpha value is -0.790. The molecule has 1 heterocycles. The zero-order chi connectivity index (χ0) is 27.6. The third kappa shape index (κ3) is 3.22. The van der Waals surface area contributed by atoms with Gasteiger partial charge >= 0.3 is 0 Å². The van der Waals surface area contributed by atoms with Crippen molar-refractivity contribution in [3.05, 3.63) is 11.1 Å². The van der Waals surface area contributed by atoms with E-state index in [4.69, 9.17) is 4.74 Å². The van der Waals surface area contributed by atoms with Gasteiger partial charge in [-0.3, -0.25) is 4.79 Å². The molecule has 6 aliphatic rings. The number of fused-ring (bicyclic) bond motifs is 2. The van der Waals surface area contributed by atoms with Crippen molar-refractivity contribution >= 4 is 5.78 Å². The number of rotatable bonds is 6. The van der Waals surface area contributed by atoms with Crippen LogP contribution in [0.2, 0.25) is 0 Å². The van der Waals surface area contributed by atoms with Crippen molar-refractivity contribution in [3.63, 3.8) is 0 Å². The minimum atomic E-state index is -1.15. The molecule has 0 amide bonds. The fraction of sp³-hybridized carbons (Fsp3) is 0.906. The van der Waals surface area contributed by atoms with E-state index in [-0.39, 0.29) is 40.8 Å². The molecule has 6 heteroatoms. The average Bonchev–Trinajstić information content (AvgIpc) is 3.63. The van der Waals surface area contributed by atoms with Crippen LogP contribution in [-0.2, 0) is 9.53 Å².